The van der Waals surface area contributed by atoms with Gasteiger partial charge in [-0.1, -0.05) is 35.9 Å². The van der Waals surface area contributed by atoms with Crippen molar-refractivity contribution in [3.05, 3.63) is 47.6 Å². The molecule has 0 saturated heterocycles. The molecule has 0 bridgehead atoms. The Labute approximate surface area is 85.2 Å². The maximum atomic E-state index is 3.38. The molecule has 1 aliphatic rings. The average Bonchev–Trinajstić information content (AvgIpc) is 2.62. The van der Waals surface area contributed by atoms with Crippen LogP contribution < -0.4 is 5.32 Å². The Balaban J connectivity index is 2.39. The lowest BCUT2D eigenvalue weighted by atomic mass is 10.1. The minimum atomic E-state index is 0.949. The van der Waals surface area contributed by atoms with Gasteiger partial charge in [0.15, 0.2) is 0 Å². The second-order valence-corrected chi connectivity index (χ2v) is 3.60. The molecule has 0 spiro atoms. The van der Waals surface area contributed by atoms with Crippen molar-refractivity contribution in [2.45, 2.75) is 13.8 Å². The molecular weight excluding hydrogens is 170 g/mol. The van der Waals surface area contributed by atoms with Crippen LogP contribution in [-0.2, 0) is 0 Å². The van der Waals surface area contributed by atoms with E-state index in [2.05, 4.69) is 55.6 Å². The number of anilines is 1. The van der Waals surface area contributed by atoms with Crippen molar-refractivity contribution in [3.8, 4) is 0 Å². The Hall–Kier alpha value is -1.50. The smallest absolute Gasteiger partial charge is 0.0419 e. The highest BCUT2D eigenvalue weighted by Crippen LogP contribution is 2.30. The van der Waals surface area contributed by atoms with E-state index in [0.29, 0.717) is 0 Å². The van der Waals surface area contributed by atoms with Gasteiger partial charge in [0, 0.05) is 17.8 Å². The molecule has 1 aromatic carbocycles. The molecule has 0 aromatic heterocycles. The second kappa shape index (κ2) is 3.70. The molecule has 1 heterocycles. The Morgan fingerprint density at radius 2 is 2.14 bits per heavy atom. The van der Waals surface area contributed by atoms with E-state index in [1.807, 2.05) is 0 Å². The highest BCUT2D eigenvalue weighted by Gasteiger charge is 2.13. The first-order chi connectivity index (χ1) is 6.81. The van der Waals surface area contributed by atoms with E-state index in [1.54, 1.807) is 0 Å². The van der Waals surface area contributed by atoms with Crippen LogP contribution in [0.15, 0.2) is 42.0 Å². The van der Waals surface area contributed by atoms with E-state index in [9.17, 15) is 0 Å². The number of hydrogen-bond donors (Lipinski definition) is 1. The van der Waals surface area contributed by atoms with Gasteiger partial charge >= 0.3 is 0 Å². The van der Waals surface area contributed by atoms with Gasteiger partial charge in [0.1, 0.15) is 0 Å². The van der Waals surface area contributed by atoms with Gasteiger partial charge in [0.25, 0.3) is 0 Å². The zero-order chi connectivity index (χ0) is 9.97. The molecule has 1 nitrogen and oxygen atoms in total. The molecule has 0 radical (unpaired) electrons. The minimum absolute atomic E-state index is 0.949. The zero-order valence-electron chi connectivity index (χ0n) is 8.67. The van der Waals surface area contributed by atoms with Crippen molar-refractivity contribution in [1.82, 2.24) is 0 Å². The Bertz CT molecular complexity index is 399. The first-order valence-corrected chi connectivity index (χ1v) is 4.98. The molecule has 0 unspecified atom stereocenters. The summed E-state index contributed by atoms with van der Waals surface area (Å²) in [4.78, 5) is 0. The summed E-state index contributed by atoms with van der Waals surface area (Å²) in [5, 5.41) is 3.38. The highest BCUT2D eigenvalue weighted by molar-refractivity contribution is 5.85. The van der Waals surface area contributed by atoms with E-state index < -0.39 is 0 Å². The SMILES string of the molecule is C/C=C(C)\C=C1/CNc2ccccc21. The topological polar surface area (TPSA) is 12.0 Å². The van der Waals surface area contributed by atoms with Crippen molar-refractivity contribution < 1.29 is 0 Å². The van der Waals surface area contributed by atoms with Crippen LogP contribution in [0.4, 0.5) is 5.69 Å². The predicted molar refractivity (Wildman–Crippen MR) is 62.3 cm³/mol. The lowest BCUT2D eigenvalue weighted by Crippen LogP contribution is -1.91. The van der Waals surface area contributed by atoms with Crippen LogP contribution in [0.25, 0.3) is 5.57 Å². The Morgan fingerprint density at radius 3 is 2.93 bits per heavy atom. The zero-order valence-corrected chi connectivity index (χ0v) is 8.67. The van der Waals surface area contributed by atoms with Gasteiger partial charge in [-0.3, -0.25) is 0 Å². The minimum Gasteiger partial charge on any atom is -0.380 e. The van der Waals surface area contributed by atoms with Crippen LogP contribution in [0.5, 0.6) is 0 Å². The molecule has 0 atom stereocenters. The van der Waals surface area contributed by atoms with E-state index in [1.165, 1.54) is 22.4 Å². The molecule has 14 heavy (non-hydrogen) atoms. The standard InChI is InChI=1S/C13H15N/c1-3-10(2)8-11-9-14-13-7-5-4-6-12(11)13/h3-8,14H,9H2,1-2H3/b10-3-,11-8+. The molecule has 1 aromatic rings. The maximum Gasteiger partial charge on any atom is 0.0419 e. The van der Waals surface area contributed by atoms with Crippen LogP contribution in [0.1, 0.15) is 19.4 Å². The summed E-state index contributed by atoms with van der Waals surface area (Å²) in [5.41, 5.74) is 5.30. The molecule has 1 N–H and O–H groups in total. The largest absolute Gasteiger partial charge is 0.380 e. The molecule has 2 rings (SSSR count). The van der Waals surface area contributed by atoms with Gasteiger partial charge in [-0.15, -0.1) is 0 Å². The fraction of sp³-hybridized carbons (Fsp3) is 0.231. The van der Waals surface area contributed by atoms with Crippen molar-refractivity contribution in [1.29, 1.82) is 0 Å². The normalized spacial score (nSPS) is 18.1. The molecule has 0 aliphatic carbocycles. The molecule has 1 heteroatoms. The number of fused-ring (bicyclic) bond motifs is 1. The lowest BCUT2D eigenvalue weighted by molar-refractivity contribution is 1.41. The van der Waals surface area contributed by atoms with Gasteiger partial charge in [-0.25, -0.2) is 0 Å². The van der Waals surface area contributed by atoms with Crippen molar-refractivity contribution in [3.63, 3.8) is 0 Å². The summed E-state index contributed by atoms with van der Waals surface area (Å²) in [6.07, 6.45) is 4.38. The van der Waals surface area contributed by atoms with E-state index >= 15 is 0 Å². The van der Waals surface area contributed by atoms with Crippen LogP contribution >= 0.6 is 0 Å². The quantitative estimate of drug-likeness (QED) is 0.706. The maximum absolute atomic E-state index is 3.38. The van der Waals surface area contributed by atoms with Crippen molar-refractivity contribution >= 4 is 11.3 Å². The fourth-order valence-corrected chi connectivity index (χ4v) is 1.69. The van der Waals surface area contributed by atoms with Crippen LogP contribution in [0, 0.1) is 0 Å². The van der Waals surface area contributed by atoms with Gasteiger partial charge in [-0.2, -0.15) is 0 Å². The first-order valence-electron chi connectivity index (χ1n) is 4.98. The van der Waals surface area contributed by atoms with Crippen LogP contribution in [0.2, 0.25) is 0 Å². The second-order valence-electron chi connectivity index (χ2n) is 3.60. The lowest BCUT2D eigenvalue weighted by Gasteiger charge is -1.98. The van der Waals surface area contributed by atoms with Gasteiger partial charge in [0.05, 0.1) is 0 Å². The first kappa shape index (κ1) is 9.07. The third-order valence-corrected chi connectivity index (χ3v) is 2.60. The number of hydrogen-bond acceptors (Lipinski definition) is 1. The number of para-hydroxylation sites is 1. The van der Waals surface area contributed by atoms with Gasteiger partial charge in [-0.05, 0) is 25.5 Å². The van der Waals surface area contributed by atoms with Gasteiger partial charge < -0.3 is 5.32 Å². The van der Waals surface area contributed by atoms with Crippen molar-refractivity contribution in [2.75, 3.05) is 11.9 Å². The van der Waals surface area contributed by atoms with Gasteiger partial charge in [0.2, 0.25) is 0 Å². The van der Waals surface area contributed by atoms with E-state index in [0.717, 1.165) is 6.54 Å². The Kier molecular flexibility index (Phi) is 2.40. The number of benzene rings is 1. The molecule has 0 fully saturated rings. The number of allylic oxidation sites excluding steroid dienone is 3. The van der Waals surface area contributed by atoms with E-state index in [4.69, 9.17) is 0 Å². The molecule has 0 saturated carbocycles. The molecule has 0 amide bonds. The summed E-state index contributed by atoms with van der Waals surface area (Å²) < 4.78 is 0. The molecule has 72 valence electrons. The van der Waals surface area contributed by atoms with Crippen LogP contribution in [0.3, 0.4) is 0 Å². The molecule has 1 aliphatic heterocycles. The predicted octanol–water partition coefficient (Wildman–Crippen LogP) is 3.46. The summed E-state index contributed by atoms with van der Waals surface area (Å²) >= 11 is 0. The third-order valence-electron chi connectivity index (χ3n) is 2.60. The van der Waals surface area contributed by atoms with Crippen LogP contribution in [-0.4, -0.2) is 6.54 Å². The average molecular weight is 185 g/mol. The summed E-state index contributed by atoms with van der Waals surface area (Å²) in [5.74, 6) is 0. The van der Waals surface area contributed by atoms with Crippen molar-refractivity contribution in [2.24, 2.45) is 0 Å². The monoisotopic (exact) mass is 185 g/mol. The highest BCUT2D eigenvalue weighted by atomic mass is 14.9. The number of nitrogens with one attached hydrogen (secondary N) is 1. The summed E-state index contributed by atoms with van der Waals surface area (Å²) in [6, 6.07) is 8.45. The summed E-state index contributed by atoms with van der Waals surface area (Å²) in [6.45, 7) is 5.15. The number of rotatable bonds is 1. The summed E-state index contributed by atoms with van der Waals surface area (Å²) in [7, 11) is 0. The molecular formula is C13H15N. The Morgan fingerprint density at radius 1 is 1.36 bits per heavy atom. The third kappa shape index (κ3) is 1.58. The van der Waals surface area contributed by atoms with E-state index in [-0.39, 0.29) is 0 Å². The fourth-order valence-electron chi connectivity index (χ4n) is 1.69.